The molecule has 13 heteroatoms. The van der Waals surface area contributed by atoms with Crippen LogP contribution in [0.5, 0.6) is 0 Å². The SMILES string of the molecule is Cc1csc(-c2cc(-c3nn(-c4nc(C(=O)O)cs4)c(CC4CC4)c3Cc3ccc(NS(=O)O)cc3F)ccc2F)c1. The molecule has 3 heterocycles. The molecule has 1 aliphatic rings. The third-order valence-electron chi connectivity index (χ3n) is 7.02. The van der Waals surface area contributed by atoms with Crippen molar-refractivity contribution in [3.63, 3.8) is 0 Å². The van der Waals surface area contributed by atoms with Gasteiger partial charge in [-0.15, -0.1) is 22.7 Å². The molecule has 3 N–H and O–H groups in total. The van der Waals surface area contributed by atoms with Crippen LogP contribution in [0.15, 0.2) is 53.2 Å². The Morgan fingerprint density at radius 3 is 2.57 bits per heavy atom. The Labute approximate surface area is 250 Å². The summed E-state index contributed by atoms with van der Waals surface area (Å²) in [5.41, 5.74) is 4.50. The van der Waals surface area contributed by atoms with Crippen molar-refractivity contribution in [2.24, 2.45) is 5.92 Å². The normalized spacial score (nSPS) is 13.8. The quantitative estimate of drug-likeness (QED) is 0.142. The van der Waals surface area contributed by atoms with Crippen LogP contribution in [0.3, 0.4) is 0 Å². The van der Waals surface area contributed by atoms with Crippen molar-refractivity contribution in [3.05, 3.63) is 92.9 Å². The number of aromatic carboxylic acids is 1. The minimum absolute atomic E-state index is 0.0986. The first-order chi connectivity index (χ1) is 20.2. The summed E-state index contributed by atoms with van der Waals surface area (Å²) in [4.78, 5) is 16.6. The van der Waals surface area contributed by atoms with Gasteiger partial charge >= 0.3 is 5.97 Å². The van der Waals surface area contributed by atoms with Crippen molar-refractivity contribution in [2.45, 2.75) is 32.6 Å². The van der Waals surface area contributed by atoms with Crippen LogP contribution in [0.4, 0.5) is 14.5 Å². The molecule has 5 aromatic rings. The lowest BCUT2D eigenvalue weighted by molar-refractivity contribution is 0.0691. The van der Waals surface area contributed by atoms with Crippen LogP contribution < -0.4 is 4.72 Å². The zero-order chi connectivity index (χ0) is 29.5. The van der Waals surface area contributed by atoms with Crippen LogP contribution in [0.2, 0.25) is 0 Å². The third-order valence-corrected chi connectivity index (χ3v) is 9.33. The summed E-state index contributed by atoms with van der Waals surface area (Å²) in [6.45, 7) is 1.94. The Hall–Kier alpha value is -3.78. The fourth-order valence-electron chi connectivity index (χ4n) is 4.81. The van der Waals surface area contributed by atoms with Gasteiger partial charge in [-0.2, -0.15) is 5.10 Å². The van der Waals surface area contributed by atoms with Crippen molar-refractivity contribution >= 4 is 45.6 Å². The molecule has 0 amide bonds. The monoisotopic (exact) mass is 626 g/mol. The van der Waals surface area contributed by atoms with Crippen LogP contribution in [0, 0.1) is 24.5 Å². The summed E-state index contributed by atoms with van der Waals surface area (Å²) in [6.07, 6.45) is 2.83. The molecule has 2 aromatic carbocycles. The van der Waals surface area contributed by atoms with Gasteiger partial charge in [-0.05, 0) is 85.0 Å². The first-order valence-corrected chi connectivity index (χ1v) is 15.8. The smallest absolute Gasteiger partial charge is 0.355 e. The fourth-order valence-corrected chi connectivity index (χ4v) is 6.82. The van der Waals surface area contributed by atoms with Crippen molar-refractivity contribution in [3.8, 4) is 26.8 Å². The Bertz CT molecular complexity index is 1840. The van der Waals surface area contributed by atoms with Gasteiger partial charge in [0, 0.05) is 33.4 Å². The molecule has 1 saturated carbocycles. The molecule has 0 radical (unpaired) electrons. The average Bonchev–Trinajstić information content (AvgIpc) is 3.29. The first kappa shape index (κ1) is 28.3. The molecule has 3 aromatic heterocycles. The molecule has 216 valence electrons. The van der Waals surface area contributed by atoms with E-state index in [0.29, 0.717) is 39.9 Å². The number of halogens is 2. The van der Waals surface area contributed by atoms with E-state index in [1.807, 2.05) is 18.4 Å². The van der Waals surface area contributed by atoms with E-state index in [1.54, 1.807) is 22.9 Å². The summed E-state index contributed by atoms with van der Waals surface area (Å²) >= 11 is 0.238. The number of aromatic nitrogens is 3. The van der Waals surface area contributed by atoms with Crippen LogP contribution in [0.25, 0.3) is 26.8 Å². The number of carboxylic acid groups (broad SMARTS) is 1. The van der Waals surface area contributed by atoms with Gasteiger partial charge in [0.25, 0.3) is 11.3 Å². The van der Waals surface area contributed by atoms with Gasteiger partial charge in [0.15, 0.2) is 5.69 Å². The summed E-state index contributed by atoms with van der Waals surface area (Å²) in [5.74, 6) is -1.69. The van der Waals surface area contributed by atoms with Crippen LogP contribution in [0.1, 0.15) is 45.7 Å². The van der Waals surface area contributed by atoms with E-state index >= 15 is 8.78 Å². The van der Waals surface area contributed by atoms with Gasteiger partial charge in [0.05, 0.1) is 17.1 Å². The maximum absolute atomic E-state index is 15.3. The lowest BCUT2D eigenvalue weighted by atomic mass is 9.95. The number of aryl methyl sites for hydroxylation is 1. The Morgan fingerprint density at radius 2 is 1.93 bits per heavy atom. The van der Waals surface area contributed by atoms with Gasteiger partial charge in [-0.25, -0.2) is 27.5 Å². The molecule has 0 bridgehead atoms. The minimum Gasteiger partial charge on any atom is -0.476 e. The number of anilines is 1. The zero-order valence-corrected chi connectivity index (χ0v) is 24.6. The van der Waals surface area contributed by atoms with Gasteiger partial charge in [-0.1, -0.05) is 6.07 Å². The zero-order valence-electron chi connectivity index (χ0n) is 22.1. The highest BCUT2D eigenvalue weighted by atomic mass is 32.2. The standard InChI is InChI=1S/C29H24F2N4O4S3/c1-15-8-26(40-13-15)20-11-18(5-7-22(20)30)27-21(10-17-4-6-19(12-23(17)31)34-42(38)39)25(9-16-2-3-16)35(33-27)29-32-24(14-41-29)28(36)37/h4-8,11-14,16,34H,2-3,9-10H2,1H3,(H,36,37)(H,38,39). The second-order valence-corrected chi connectivity index (χ2v) is 12.6. The van der Waals surface area contributed by atoms with Crippen molar-refractivity contribution < 1.29 is 27.4 Å². The minimum atomic E-state index is -2.35. The molecule has 42 heavy (non-hydrogen) atoms. The third kappa shape index (κ3) is 5.91. The molecule has 0 aliphatic heterocycles. The van der Waals surface area contributed by atoms with E-state index in [0.717, 1.165) is 51.9 Å². The number of carboxylic acids is 1. The first-order valence-electron chi connectivity index (χ1n) is 13.0. The number of nitrogens with zero attached hydrogens (tertiary/aromatic N) is 3. The van der Waals surface area contributed by atoms with Crippen LogP contribution >= 0.6 is 22.7 Å². The topological polar surface area (TPSA) is 117 Å². The van der Waals surface area contributed by atoms with E-state index < -0.39 is 23.1 Å². The molecule has 1 fully saturated rings. The molecule has 6 rings (SSSR count). The molecular formula is C29H24F2N4O4S3. The van der Waals surface area contributed by atoms with Gasteiger partial charge < -0.3 is 5.11 Å². The van der Waals surface area contributed by atoms with Crippen LogP contribution in [-0.4, -0.2) is 34.6 Å². The number of thiophene rings is 1. The Kier molecular flexibility index (Phi) is 7.75. The van der Waals surface area contributed by atoms with E-state index in [4.69, 9.17) is 9.65 Å². The summed E-state index contributed by atoms with van der Waals surface area (Å²) in [6, 6.07) is 10.9. The molecule has 0 spiro atoms. The van der Waals surface area contributed by atoms with Gasteiger partial charge in [0.1, 0.15) is 11.6 Å². The van der Waals surface area contributed by atoms with Crippen LogP contribution in [-0.2, 0) is 24.1 Å². The van der Waals surface area contributed by atoms with E-state index in [9.17, 15) is 14.1 Å². The fraction of sp³-hybridized carbons (Fsp3) is 0.207. The highest BCUT2D eigenvalue weighted by molar-refractivity contribution is 7.80. The predicted octanol–water partition coefficient (Wildman–Crippen LogP) is 7.10. The van der Waals surface area contributed by atoms with Crippen molar-refractivity contribution in [2.75, 3.05) is 4.72 Å². The summed E-state index contributed by atoms with van der Waals surface area (Å²) < 4.78 is 54.5. The number of nitrogens with one attached hydrogen (secondary N) is 1. The lowest BCUT2D eigenvalue weighted by Crippen LogP contribution is -2.07. The number of carbonyl (C=O) groups is 1. The van der Waals surface area contributed by atoms with Crippen molar-refractivity contribution in [1.82, 2.24) is 14.8 Å². The summed E-state index contributed by atoms with van der Waals surface area (Å²) in [7, 11) is 0. The second-order valence-electron chi connectivity index (χ2n) is 10.2. The molecule has 1 aliphatic carbocycles. The number of rotatable bonds is 10. The number of thiazole rings is 1. The molecule has 0 saturated heterocycles. The largest absolute Gasteiger partial charge is 0.476 e. The maximum atomic E-state index is 15.3. The van der Waals surface area contributed by atoms with Crippen molar-refractivity contribution in [1.29, 1.82) is 0 Å². The highest BCUT2D eigenvalue weighted by Gasteiger charge is 2.30. The van der Waals surface area contributed by atoms with Gasteiger partial charge in [-0.3, -0.25) is 9.27 Å². The van der Waals surface area contributed by atoms with E-state index in [1.165, 1.54) is 28.8 Å². The molecule has 1 unspecified atom stereocenters. The molecule has 1 atom stereocenters. The number of hydrogen-bond acceptors (Lipinski definition) is 6. The van der Waals surface area contributed by atoms with E-state index in [-0.39, 0.29) is 23.6 Å². The number of hydrogen-bond donors (Lipinski definition) is 3. The highest BCUT2D eigenvalue weighted by Crippen LogP contribution is 2.40. The Balaban J connectivity index is 1.52. The molecular weight excluding hydrogens is 603 g/mol. The Morgan fingerprint density at radius 1 is 1.12 bits per heavy atom. The number of benzene rings is 2. The average molecular weight is 627 g/mol. The van der Waals surface area contributed by atoms with E-state index in [2.05, 4.69) is 9.71 Å². The maximum Gasteiger partial charge on any atom is 0.355 e. The molecule has 8 nitrogen and oxygen atoms in total. The predicted molar refractivity (Wildman–Crippen MR) is 160 cm³/mol. The second kappa shape index (κ2) is 11.5. The van der Waals surface area contributed by atoms with Gasteiger partial charge in [0.2, 0.25) is 5.13 Å². The summed E-state index contributed by atoms with van der Waals surface area (Å²) in [5, 5.41) is 18.1. The lowest BCUT2D eigenvalue weighted by Gasteiger charge is -2.11.